The predicted octanol–water partition coefficient (Wildman–Crippen LogP) is 1.76. The lowest BCUT2D eigenvalue weighted by molar-refractivity contribution is -0.303. The van der Waals surface area contributed by atoms with Gasteiger partial charge in [0.15, 0.2) is 5.60 Å². The SMILES string of the molecule is COC1(C(F)(F)F)CN(C(=O)NC(C)c2cn(C)nc2C)C1. The number of aromatic nitrogens is 2. The molecule has 6 nitrogen and oxygen atoms in total. The van der Waals surface area contributed by atoms with Crippen molar-refractivity contribution in [1.82, 2.24) is 20.0 Å². The number of hydrogen-bond acceptors (Lipinski definition) is 3. The van der Waals surface area contributed by atoms with Crippen LogP contribution in [0.15, 0.2) is 6.20 Å². The van der Waals surface area contributed by atoms with Gasteiger partial charge >= 0.3 is 12.2 Å². The van der Waals surface area contributed by atoms with Gasteiger partial charge in [0.25, 0.3) is 0 Å². The molecule has 2 amide bonds. The molecule has 1 aliphatic heterocycles. The minimum absolute atomic E-state index is 0.343. The number of halogens is 3. The fraction of sp³-hybridized carbons (Fsp3) is 0.692. The molecule has 1 N–H and O–H groups in total. The number of rotatable bonds is 3. The number of ether oxygens (including phenoxy) is 1. The molecule has 0 aliphatic carbocycles. The van der Waals surface area contributed by atoms with Crippen LogP contribution in [0, 0.1) is 6.92 Å². The quantitative estimate of drug-likeness (QED) is 0.923. The molecule has 1 aromatic heterocycles. The average Bonchev–Trinajstić information content (AvgIpc) is 2.65. The van der Waals surface area contributed by atoms with Crippen molar-refractivity contribution >= 4 is 6.03 Å². The second-order valence-electron chi connectivity index (χ2n) is 5.57. The van der Waals surface area contributed by atoms with Crippen molar-refractivity contribution in [1.29, 1.82) is 0 Å². The molecule has 0 aromatic carbocycles. The normalized spacial score (nSPS) is 18.8. The summed E-state index contributed by atoms with van der Waals surface area (Å²) >= 11 is 0. The monoisotopic (exact) mass is 320 g/mol. The van der Waals surface area contributed by atoms with Gasteiger partial charge in [-0.1, -0.05) is 0 Å². The Hall–Kier alpha value is -1.77. The molecular formula is C13H19F3N4O2. The minimum Gasteiger partial charge on any atom is -0.365 e. The molecule has 124 valence electrons. The summed E-state index contributed by atoms with van der Waals surface area (Å²) in [5, 5.41) is 6.85. The Balaban J connectivity index is 1.96. The molecule has 1 aliphatic rings. The van der Waals surface area contributed by atoms with Crippen molar-refractivity contribution in [2.24, 2.45) is 7.05 Å². The van der Waals surface area contributed by atoms with E-state index in [2.05, 4.69) is 15.2 Å². The second-order valence-corrected chi connectivity index (χ2v) is 5.57. The van der Waals surface area contributed by atoms with Gasteiger partial charge in [0.1, 0.15) is 0 Å². The smallest absolute Gasteiger partial charge is 0.365 e. The molecule has 9 heteroatoms. The van der Waals surface area contributed by atoms with Gasteiger partial charge in [-0.2, -0.15) is 18.3 Å². The maximum Gasteiger partial charge on any atom is 0.420 e. The number of nitrogens with one attached hydrogen (secondary N) is 1. The third-order valence-corrected chi connectivity index (χ3v) is 3.95. The van der Waals surface area contributed by atoms with E-state index >= 15 is 0 Å². The molecule has 2 heterocycles. The highest BCUT2D eigenvalue weighted by Crippen LogP contribution is 2.40. The number of urea groups is 1. The van der Waals surface area contributed by atoms with Crippen molar-refractivity contribution < 1.29 is 22.7 Å². The Morgan fingerprint density at radius 2 is 2.09 bits per heavy atom. The van der Waals surface area contributed by atoms with Crippen LogP contribution in [0.5, 0.6) is 0 Å². The maximum atomic E-state index is 12.9. The molecule has 1 saturated heterocycles. The first-order valence-corrected chi connectivity index (χ1v) is 6.77. The van der Waals surface area contributed by atoms with E-state index in [1.807, 2.05) is 0 Å². The number of carbonyl (C=O) groups is 1. The molecule has 1 unspecified atom stereocenters. The van der Waals surface area contributed by atoms with Crippen LogP contribution in [0.2, 0.25) is 0 Å². The Labute approximate surface area is 126 Å². The number of aryl methyl sites for hydroxylation is 2. The van der Waals surface area contributed by atoms with Gasteiger partial charge in [-0.05, 0) is 13.8 Å². The largest absolute Gasteiger partial charge is 0.420 e. The van der Waals surface area contributed by atoms with Crippen LogP contribution in [-0.2, 0) is 11.8 Å². The Kier molecular flexibility index (Phi) is 4.12. The summed E-state index contributed by atoms with van der Waals surface area (Å²) in [5.74, 6) is 0. The lowest BCUT2D eigenvalue weighted by atomic mass is 9.93. The Morgan fingerprint density at radius 3 is 2.50 bits per heavy atom. The Bertz CT molecular complexity index is 564. The van der Waals surface area contributed by atoms with Gasteiger partial charge < -0.3 is 15.0 Å². The highest BCUT2D eigenvalue weighted by atomic mass is 19.4. The molecule has 2 rings (SSSR count). The van der Waals surface area contributed by atoms with Gasteiger partial charge in [-0.25, -0.2) is 4.79 Å². The van der Waals surface area contributed by atoms with Crippen molar-refractivity contribution in [3.63, 3.8) is 0 Å². The zero-order valence-corrected chi connectivity index (χ0v) is 12.9. The van der Waals surface area contributed by atoms with Crippen LogP contribution in [0.3, 0.4) is 0 Å². The van der Waals surface area contributed by atoms with E-state index in [1.165, 1.54) is 0 Å². The topological polar surface area (TPSA) is 59.4 Å². The molecule has 0 saturated carbocycles. The van der Waals surface area contributed by atoms with E-state index in [0.717, 1.165) is 23.3 Å². The number of nitrogens with zero attached hydrogens (tertiary/aromatic N) is 3. The average molecular weight is 320 g/mol. The third kappa shape index (κ3) is 2.77. The minimum atomic E-state index is -4.50. The summed E-state index contributed by atoms with van der Waals surface area (Å²) in [6.07, 6.45) is -2.73. The predicted molar refractivity (Wildman–Crippen MR) is 72.3 cm³/mol. The van der Waals surface area contributed by atoms with E-state index < -0.39 is 30.9 Å². The second kappa shape index (κ2) is 5.45. The maximum absolute atomic E-state index is 12.9. The highest BCUT2D eigenvalue weighted by molar-refractivity contribution is 5.76. The lowest BCUT2D eigenvalue weighted by Gasteiger charge is -2.49. The zero-order valence-electron chi connectivity index (χ0n) is 12.9. The van der Waals surface area contributed by atoms with Crippen LogP contribution in [0.4, 0.5) is 18.0 Å². The zero-order chi connectivity index (χ0) is 16.7. The van der Waals surface area contributed by atoms with Gasteiger partial charge in [0.2, 0.25) is 0 Å². The number of hydrogen-bond donors (Lipinski definition) is 1. The van der Waals surface area contributed by atoms with E-state index in [0.29, 0.717) is 0 Å². The fourth-order valence-electron chi connectivity index (χ4n) is 2.54. The first-order chi connectivity index (χ1) is 10.1. The van der Waals surface area contributed by atoms with E-state index in [4.69, 9.17) is 0 Å². The molecule has 22 heavy (non-hydrogen) atoms. The molecule has 1 fully saturated rings. The fourth-order valence-corrected chi connectivity index (χ4v) is 2.54. The van der Waals surface area contributed by atoms with Crippen molar-refractivity contribution in [3.05, 3.63) is 17.5 Å². The summed E-state index contributed by atoms with van der Waals surface area (Å²) in [5.41, 5.74) is -0.664. The molecule has 0 radical (unpaired) electrons. The standard InChI is InChI=1S/C13H19F3N4O2/c1-8(10-5-19(3)18-9(10)2)17-11(21)20-6-12(7-20,22-4)13(14,15)16/h5,8H,6-7H2,1-4H3,(H,17,21). The molecule has 1 atom stereocenters. The molecule has 0 spiro atoms. The lowest BCUT2D eigenvalue weighted by Crippen LogP contribution is -2.72. The van der Waals surface area contributed by atoms with Gasteiger partial charge in [-0.3, -0.25) is 4.68 Å². The van der Waals surface area contributed by atoms with Crippen LogP contribution in [-0.4, -0.2) is 52.7 Å². The van der Waals surface area contributed by atoms with Crippen LogP contribution in [0.25, 0.3) is 0 Å². The number of amides is 2. The Morgan fingerprint density at radius 1 is 1.50 bits per heavy atom. The van der Waals surface area contributed by atoms with E-state index in [-0.39, 0.29) is 6.04 Å². The first kappa shape index (κ1) is 16.6. The van der Waals surface area contributed by atoms with E-state index in [9.17, 15) is 18.0 Å². The number of alkyl halides is 3. The third-order valence-electron chi connectivity index (χ3n) is 3.95. The first-order valence-electron chi connectivity index (χ1n) is 6.77. The van der Waals surface area contributed by atoms with Crippen molar-refractivity contribution in [3.8, 4) is 0 Å². The summed E-state index contributed by atoms with van der Waals surface area (Å²) in [6.45, 7) is 2.56. The number of carbonyl (C=O) groups excluding carboxylic acids is 1. The number of methoxy groups -OCH3 is 1. The molecule has 1 aromatic rings. The van der Waals surface area contributed by atoms with Gasteiger partial charge in [-0.15, -0.1) is 0 Å². The van der Waals surface area contributed by atoms with E-state index in [1.54, 1.807) is 31.8 Å². The molecular weight excluding hydrogens is 301 g/mol. The van der Waals surface area contributed by atoms with Crippen LogP contribution < -0.4 is 5.32 Å². The molecule has 0 bridgehead atoms. The van der Waals surface area contributed by atoms with Crippen molar-refractivity contribution in [2.45, 2.75) is 31.7 Å². The summed E-state index contributed by atoms with van der Waals surface area (Å²) in [7, 11) is 2.76. The highest BCUT2D eigenvalue weighted by Gasteiger charge is 2.63. The van der Waals surface area contributed by atoms with Crippen LogP contribution in [0.1, 0.15) is 24.2 Å². The summed E-state index contributed by atoms with van der Waals surface area (Å²) < 4.78 is 44.8. The summed E-state index contributed by atoms with van der Waals surface area (Å²) in [4.78, 5) is 13.1. The van der Waals surface area contributed by atoms with Gasteiger partial charge in [0, 0.05) is 25.9 Å². The van der Waals surface area contributed by atoms with Gasteiger partial charge in [0.05, 0.1) is 24.8 Å². The number of likely N-dealkylation sites (tertiary alicyclic amines) is 1. The van der Waals surface area contributed by atoms with Crippen molar-refractivity contribution in [2.75, 3.05) is 20.2 Å². The summed E-state index contributed by atoms with van der Waals surface area (Å²) in [6, 6.07) is -0.891. The van der Waals surface area contributed by atoms with Crippen LogP contribution >= 0.6 is 0 Å².